The number of rotatable bonds is 2. The molecule has 0 spiro atoms. The molecule has 0 unspecified atom stereocenters. The number of hydrogen-bond acceptors (Lipinski definition) is 5. The van der Waals surface area contributed by atoms with Crippen molar-refractivity contribution in [3.63, 3.8) is 0 Å². The number of hydrogen-bond donors (Lipinski definition) is 0. The van der Waals surface area contributed by atoms with Crippen molar-refractivity contribution in [3.8, 4) is 0 Å². The highest BCUT2D eigenvalue weighted by molar-refractivity contribution is 5.92. The van der Waals surface area contributed by atoms with E-state index in [1.807, 2.05) is 17.0 Å². The largest absolute Gasteiger partial charge is 0.438 e. The van der Waals surface area contributed by atoms with E-state index in [1.54, 1.807) is 6.92 Å². The maximum absolute atomic E-state index is 13.3. The van der Waals surface area contributed by atoms with Gasteiger partial charge in [0.15, 0.2) is 6.39 Å². The lowest BCUT2D eigenvalue weighted by Crippen LogP contribution is -2.53. The van der Waals surface area contributed by atoms with Gasteiger partial charge in [0.25, 0.3) is 5.91 Å². The molecule has 1 amide bonds. The van der Waals surface area contributed by atoms with Crippen LogP contribution in [0.3, 0.4) is 0 Å². The van der Waals surface area contributed by atoms with E-state index in [1.165, 1.54) is 18.5 Å². The fraction of sp³-hybridized carbons (Fsp3) is 0.474. The van der Waals surface area contributed by atoms with Gasteiger partial charge in [0.2, 0.25) is 5.76 Å². The molecule has 2 aromatic rings. The molecule has 3 heterocycles. The predicted molar refractivity (Wildman–Crippen MR) is 93.6 cm³/mol. The van der Waals surface area contributed by atoms with Crippen molar-refractivity contribution < 1.29 is 18.3 Å². The molecule has 2 fully saturated rings. The van der Waals surface area contributed by atoms with Gasteiger partial charge in [-0.2, -0.15) is 0 Å². The van der Waals surface area contributed by atoms with Crippen molar-refractivity contribution in [1.29, 1.82) is 0 Å². The topological polar surface area (TPSA) is 58.8 Å². The maximum Gasteiger partial charge on any atom is 0.291 e. The molecule has 2 atom stereocenters. The number of carbonyl (C=O) groups is 1. The van der Waals surface area contributed by atoms with Crippen LogP contribution in [0.1, 0.15) is 22.7 Å². The van der Waals surface area contributed by atoms with Crippen molar-refractivity contribution in [2.24, 2.45) is 5.92 Å². The summed E-state index contributed by atoms with van der Waals surface area (Å²) in [6.07, 6.45) is 2.14. The monoisotopic (exact) mass is 359 g/mol. The number of piperidine rings is 1. The van der Waals surface area contributed by atoms with Crippen LogP contribution in [0.2, 0.25) is 0 Å². The van der Waals surface area contributed by atoms with E-state index in [0.29, 0.717) is 37.8 Å². The van der Waals surface area contributed by atoms with Crippen LogP contribution in [-0.2, 0) is 4.74 Å². The first-order valence-electron chi connectivity index (χ1n) is 8.93. The Hall–Kier alpha value is -2.41. The maximum atomic E-state index is 13.3. The van der Waals surface area contributed by atoms with Gasteiger partial charge in [0.05, 0.1) is 18.9 Å². The second-order valence-electron chi connectivity index (χ2n) is 6.88. The first-order valence-corrected chi connectivity index (χ1v) is 8.93. The summed E-state index contributed by atoms with van der Waals surface area (Å²) in [5.41, 5.74) is 1.61. The molecule has 7 heteroatoms. The lowest BCUT2D eigenvalue weighted by molar-refractivity contribution is 0.0495. The van der Waals surface area contributed by atoms with Gasteiger partial charge < -0.3 is 19.0 Å². The highest BCUT2D eigenvalue weighted by atomic mass is 19.1. The zero-order valence-corrected chi connectivity index (χ0v) is 14.7. The van der Waals surface area contributed by atoms with Crippen LogP contribution >= 0.6 is 0 Å². The van der Waals surface area contributed by atoms with Crippen LogP contribution in [0.25, 0.3) is 0 Å². The molecule has 0 saturated carbocycles. The molecule has 1 aromatic carbocycles. The highest BCUT2D eigenvalue weighted by Gasteiger charge is 2.38. The highest BCUT2D eigenvalue weighted by Crippen LogP contribution is 2.30. The fourth-order valence-corrected chi connectivity index (χ4v) is 3.95. The van der Waals surface area contributed by atoms with Gasteiger partial charge in [0, 0.05) is 37.3 Å². The van der Waals surface area contributed by atoms with E-state index in [-0.39, 0.29) is 23.7 Å². The third-order valence-electron chi connectivity index (χ3n) is 5.29. The smallest absolute Gasteiger partial charge is 0.291 e. The number of aromatic nitrogens is 1. The van der Waals surface area contributed by atoms with Crippen LogP contribution in [0.15, 0.2) is 35.1 Å². The Morgan fingerprint density at radius 3 is 2.81 bits per heavy atom. The van der Waals surface area contributed by atoms with Gasteiger partial charge in [-0.3, -0.25) is 4.79 Å². The number of ether oxygens (including phenoxy) is 1. The third kappa shape index (κ3) is 3.19. The fourth-order valence-electron chi connectivity index (χ4n) is 3.95. The lowest BCUT2D eigenvalue weighted by atomic mass is 9.91. The molecular weight excluding hydrogens is 337 g/mol. The van der Waals surface area contributed by atoms with E-state index in [9.17, 15) is 9.18 Å². The summed E-state index contributed by atoms with van der Waals surface area (Å²) >= 11 is 0. The van der Waals surface area contributed by atoms with Crippen molar-refractivity contribution in [2.75, 3.05) is 37.7 Å². The Morgan fingerprint density at radius 2 is 2.08 bits per heavy atom. The second-order valence-corrected chi connectivity index (χ2v) is 6.88. The summed E-state index contributed by atoms with van der Waals surface area (Å²) in [6.45, 7) is 5.04. The zero-order chi connectivity index (χ0) is 18.1. The van der Waals surface area contributed by atoms with Crippen molar-refractivity contribution in [2.45, 2.75) is 19.4 Å². The van der Waals surface area contributed by atoms with Crippen molar-refractivity contribution >= 4 is 11.6 Å². The SMILES string of the molecule is Cc1ncoc1C(=O)N1CC[C@H]2[C@@H](COCCN2c2ccc(F)cc2)C1. The first kappa shape index (κ1) is 17.0. The number of oxazole rings is 1. The van der Waals surface area contributed by atoms with Crippen LogP contribution in [0.4, 0.5) is 10.1 Å². The van der Waals surface area contributed by atoms with Crippen LogP contribution < -0.4 is 4.90 Å². The van der Waals surface area contributed by atoms with E-state index >= 15 is 0 Å². The Labute approximate surface area is 151 Å². The number of fused-ring (bicyclic) bond motifs is 1. The summed E-state index contributed by atoms with van der Waals surface area (Å²) in [6, 6.07) is 6.87. The minimum absolute atomic E-state index is 0.115. The van der Waals surface area contributed by atoms with E-state index in [0.717, 1.165) is 18.7 Å². The number of benzene rings is 1. The standard InChI is InChI=1S/C19H22FN3O3/c1-13-18(26-12-21-13)19(24)22-7-6-17-14(10-22)11-25-9-8-23(17)16-4-2-15(20)3-5-16/h2-5,12,14,17H,6-11H2,1H3/t14-,17+/m1/s1. The molecule has 6 nitrogen and oxygen atoms in total. The van der Waals surface area contributed by atoms with E-state index in [2.05, 4.69) is 9.88 Å². The number of amides is 1. The normalized spacial score (nSPS) is 23.5. The van der Waals surface area contributed by atoms with Crippen molar-refractivity contribution in [1.82, 2.24) is 9.88 Å². The number of halogens is 1. The number of likely N-dealkylation sites (tertiary alicyclic amines) is 1. The predicted octanol–water partition coefficient (Wildman–Crippen LogP) is 2.49. The molecule has 2 saturated heterocycles. The average molecular weight is 359 g/mol. The van der Waals surface area contributed by atoms with Gasteiger partial charge in [-0.25, -0.2) is 9.37 Å². The Balaban J connectivity index is 1.52. The number of nitrogens with zero attached hydrogens (tertiary/aromatic N) is 3. The first-order chi connectivity index (χ1) is 12.6. The van der Waals surface area contributed by atoms with Gasteiger partial charge >= 0.3 is 0 Å². The molecule has 0 radical (unpaired) electrons. The summed E-state index contributed by atoms with van der Waals surface area (Å²) in [7, 11) is 0. The van der Waals surface area contributed by atoms with Gasteiger partial charge in [-0.05, 0) is 37.6 Å². The number of aryl methyl sites for hydroxylation is 1. The summed E-state index contributed by atoms with van der Waals surface area (Å²) in [4.78, 5) is 20.9. The minimum atomic E-state index is -0.237. The molecule has 1 aromatic heterocycles. The Morgan fingerprint density at radius 1 is 1.27 bits per heavy atom. The summed E-state index contributed by atoms with van der Waals surface area (Å²) in [5.74, 6) is 0.159. The number of anilines is 1. The quantitative estimate of drug-likeness (QED) is 0.825. The molecule has 2 aliphatic heterocycles. The third-order valence-corrected chi connectivity index (χ3v) is 5.29. The molecular formula is C19H22FN3O3. The zero-order valence-electron chi connectivity index (χ0n) is 14.7. The van der Waals surface area contributed by atoms with Crippen molar-refractivity contribution in [3.05, 3.63) is 47.9 Å². The van der Waals surface area contributed by atoms with Gasteiger partial charge in [0.1, 0.15) is 5.82 Å². The Kier molecular flexibility index (Phi) is 4.63. The molecule has 2 aliphatic rings. The van der Waals surface area contributed by atoms with E-state index in [4.69, 9.17) is 9.15 Å². The second kappa shape index (κ2) is 7.07. The van der Waals surface area contributed by atoms with E-state index < -0.39 is 0 Å². The van der Waals surface area contributed by atoms with Crippen LogP contribution in [-0.4, -0.2) is 54.7 Å². The number of carbonyl (C=O) groups excluding carboxylic acids is 1. The van der Waals surface area contributed by atoms with Gasteiger partial charge in [-0.15, -0.1) is 0 Å². The van der Waals surface area contributed by atoms with Gasteiger partial charge in [-0.1, -0.05) is 0 Å². The average Bonchev–Trinajstić information content (AvgIpc) is 2.97. The molecule has 0 bridgehead atoms. The molecule has 0 aliphatic carbocycles. The molecule has 4 rings (SSSR count). The Bertz CT molecular complexity index is 777. The van der Waals surface area contributed by atoms with Crippen LogP contribution in [0.5, 0.6) is 0 Å². The summed E-state index contributed by atoms with van der Waals surface area (Å²) < 4.78 is 24.3. The summed E-state index contributed by atoms with van der Waals surface area (Å²) in [5, 5.41) is 0. The molecule has 138 valence electrons. The minimum Gasteiger partial charge on any atom is -0.438 e. The molecule has 26 heavy (non-hydrogen) atoms. The lowest BCUT2D eigenvalue weighted by Gasteiger charge is -2.42. The molecule has 0 N–H and O–H groups in total. The van der Waals surface area contributed by atoms with Crippen LogP contribution in [0, 0.1) is 18.7 Å².